The summed E-state index contributed by atoms with van der Waals surface area (Å²) in [6.45, 7) is 0. The number of aromatic nitrogens is 2. The molecule has 1 aromatic rings. The molecule has 1 heterocycles. The molecule has 0 saturated heterocycles. The van der Waals surface area contributed by atoms with E-state index in [4.69, 9.17) is 0 Å². The minimum absolute atomic E-state index is 0.190. The molecule has 48 valence electrons. The Morgan fingerprint density at radius 3 is 2.67 bits per heavy atom. The summed E-state index contributed by atoms with van der Waals surface area (Å²) in [6.07, 6.45) is 2.75. The maximum absolute atomic E-state index is 10.7. The minimum Gasteiger partial charge on any atom is -0.267 e. The first-order chi connectivity index (χ1) is 4.22. The molecule has 0 radical (unpaired) electrons. The number of rotatable bonds is 0. The molecular weight excluding hydrogens is 252 g/mol. The molecule has 0 spiro atoms. The molecule has 0 aromatic carbocycles. The largest absolute Gasteiger partial charge is 0.280 e. The van der Waals surface area contributed by atoms with Crippen molar-refractivity contribution in [1.82, 2.24) is 8.58 Å². The third-order valence-electron chi connectivity index (χ3n) is 0.747. The van der Waals surface area contributed by atoms with Gasteiger partial charge in [-0.25, -0.2) is 3.59 Å². The van der Waals surface area contributed by atoms with E-state index in [0.717, 1.165) is 0 Å². The summed E-state index contributed by atoms with van der Waals surface area (Å²) in [7, 11) is 0. The Labute approximate surface area is 68.2 Å². The van der Waals surface area contributed by atoms with Crippen LogP contribution in [0.1, 0.15) is 0 Å². The first kappa shape index (κ1) is 6.95. The maximum Gasteiger partial charge on any atom is 0.280 e. The lowest BCUT2D eigenvalue weighted by Gasteiger charge is -1.92. The van der Waals surface area contributed by atoms with Crippen LogP contribution in [0.4, 0.5) is 0 Å². The Kier molecular flexibility index (Phi) is 2.02. The van der Waals surface area contributed by atoms with Gasteiger partial charge in [0, 0.05) is 0 Å². The summed E-state index contributed by atoms with van der Waals surface area (Å²) < 4.78 is 1.88. The summed E-state index contributed by atoms with van der Waals surface area (Å²) in [6, 6.07) is 0. The summed E-state index contributed by atoms with van der Waals surface area (Å²) in [4.78, 5) is 14.3. The molecule has 0 unspecified atom stereocenters. The van der Waals surface area contributed by atoms with Gasteiger partial charge in [-0.3, -0.25) is 9.78 Å². The molecule has 5 heteroatoms. The molecule has 0 saturated carbocycles. The Balaban J connectivity index is 3.43. The van der Waals surface area contributed by atoms with Crippen LogP contribution in [0.3, 0.4) is 0 Å². The summed E-state index contributed by atoms with van der Waals surface area (Å²) in [5.74, 6) is 0. The third-order valence-corrected chi connectivity index (χ3v) is 2.51. The molecule has 0 bridgehead atoms. The predicted molar refractivity (Wildman–Crippen MR) is 40.5 cm³/mol. The Morgan fingerprint density at radius 2 is 2.22 bits per heavy atom. The third kappa shape index (κ3) is 1.40. The van der Waals surface area contributed by atoms with E-state index < -0.39 is 0 Å². The van der Waals surface area contributed by atoms with Gasteiger partial charge in [0.05, 0.1) is 28.5 Å². The molecule has 1 rings (SSSR count). The average molecular weight is 254 g/mol. The van der Waals surface area contributed by atoms with Crippen molar-refractivity contribution in [3.8, 4) is 0 Å². The number of nitrogens with zero attached hydrogens (tertiary/aromatic N) is 2. The van der Waals surface area contributed by atoms with Gasteiger partial charge in [0.1, 0.15) is 4.60 Å². The van der Waals surface area contributed by atoms with Crippen LogP contribution in [0.25, 0.3) is 0 Å². The van der Waals surface area contributed by atoms with Gasteiger partial charge in [-0.1, -0.05) is 0 Å². The molecule has 0 N–H and O–H groups in total. The van der Waals surface area contributed by atoms with Crippen LogP contribution in [-0.2, 0) is 0 Å². The second-order valence-corrected chi connectivity index (χ2v) is 2.87. The Bertz CT molecular complexity index is 270. The van der Waals surface area contributed by atoms with Crippen LogP contribution >= 0.6 is 32.1 Å². The summed E-state index contributed by atoms with van der Waals surface area (Å²) >= 11 is 6.10. The first-order valence-corrected chi connectivity index (χ1v) is 3.61. The molecule has 0 aliphatic carbocycles. The molecule has 0 amide bonds. The first-order valence-electron chi connectivity index (χ1n) is 2.10. The molecule has 0 fully saturated rings. The van der Waals surface area contributed by atoms with Crippen LogP contribution in [0, 0.1) is 0 Å². The van der Waals surface area contributed by atoms with Crippen molar-refractivity contribution < 1.29 is 0 Å². The highest BCUT2D eigenvalue weighted by atomic mass is 79.9. The standard InChI is InChI=1S/C4H2Br2N2O/c5-3-1-7-2-4(9)8(3)6/h1-2H. The summed E-state index contributed by atoms with van der Waals surface area (Å²) in [5, 5.41) is 0. The van der Waals surface area contributed by atoms with Crippen LogP contribution in [0.2, 0.25) is 0 Å². The number of halogens is 2. The van der Waals surface area contributed by atoms with E-state index in [1.165, 1.54) is 16.0 Å². The van der Waals surface area contributed by atoms with Gasteiger partial charge in [-0.2, -0.15) is 0 Å². The Hall–Kier alpha value is -0.160. The maximum atomic E-state index is 10.7. The van der Waals surface area contributed by atoms with E-state index in [-0.39, 0.29) is 5.56 Å². The quantitative estimate of drug-likeness (QED) is 0.696. The number of hydrogen-bond acceptors (Lipinski definition) is 2. The highest BCUT2D eigenvalue weighted by Crippen LogP contribution is 2.05. The Morgan fingerprint density at radius 1 is 1.56 bits per heavy atom. The fraction of sp³-hybridized carbons (Fsp3) is 0. The molecule has 9 heavy (non-hydrogen) atoms. The fourth-order valence-corrected chi connectivity index (χ4v) is 0.845. The van der Waals surface area contributed by atoms with E-state index in [1.807, 2.05) is 0 Å². The van der Waals surface area contributed by atoms with E-state index in [0.29, 0.717) is 4.60 Å². The van der Waals surface area contributed by atoms with Gasteiger partial charge < -0.3 is 0 Å². The summed E-state index contributed by atoms with van der Waals surface area (Å²) in [5.41, 5.74) is -0.190. The SMILES string of the molecule is O=c1cncc(Br)n1Br. The monoisotopic (exact) mass is 252 g/mol. The molecule has 3 nitrogen and oxygen atoms in total. The van der Waals surface area contributed by atoms with Gasteiger partial charge >= 0.3 is 0 Å². The zero-order chi connectivity index (χ0) is 6.85. The zero-order valence-electron chi connectivity index (χ0n) is 4.21. The topological polar surface area (TPSA) is 34.9 Å². The van der Waals surface area contributed by atoms with Crippen molar-refractivity contribution in [2.45, 2.75) is 0 Å². The lowest BCUT2D eigenvalue weighted by Crippen LogP contribution is -2.11. The van der Waals surface area contributed by atoms with Gasteiger partial charge in [-0.15, -0.1) is 0 Å². The van der Waals surface area contributed by atoms with E-state index in [1.54, 1.807) is 0 Å². The van der Waals surface area contributed by atoms with Crippen molar-refractivity contribution in [3.63, 3.8) is 0 Å². The van der Waals surface area contributed by atoms with Gasteiger partial charge in [0.15, 0.2) is 0 Å². The van der Waals surface area contributed by atoms with Gasteiger partial charge in [0.2, 0.25) is 0 Å². The molecule has 0 atom stereocenters. The van der Waals surface area contributed by atoms with Gasteiger partial charge in [-0.05, 0) is 15.9 Å². The van der Waals surface area contributed by atoms with Crippen molar-refractivity contribution in [1.29, 1.82) is 0 Å². The van der Waals surface area contributed by atoms with Crippen LogP contribution < -0.4 is 5.56 Å². The molecular formula is C4H2Br2N2O. The molecule has 0 aliphatic heterocycles. The van der Waals surface area contributed by atoms with Crippen molar-refractivity contribution in [2.75, 3.05) is 0 Å². The zero-order valence-corrected chi connectivity index (χ0v) is 7.39. The average Bonchev–Trinajstić information content (AvgIpc) is 1.83. The van der Waals surface area contributed by atoms with Crippen LogP contribution in [0.15, 0.2) is 21.8 Å². The van der Waals surface area contributed by atoms with E-state index in [9.17, 15) is 4.79 Å². The van der Waals surface area contributed by atoms with E-state index in [2.05, 4.69) is 37.1 Å². The molecule has 0 aliphatic rings. The highest BCUT2D eigenvalue weighted by Gasteiger charge is 1.93. The predicted octanol–water partition coefficient (Wildman–Crippen LogP) is 1.16. The second kappa shape index (κ2) is 2.62. The van der Waals surface area contributed by atoms with Crippen LogP contribution in [-0.4, -0.2) is 8.58 Å². The second-order valence-electron chi connectivity index (χ2n) is 1.35. The van der Waals surface area contributed by atoms with Crippen molar-refractivity contribution in [2.24, 2.45) is 0 Å². The number of hydrogen-bond donors (Lipinski definition) is 0. The van der Waals surface area contributed by atoms with Crippen molar-refractivity contribution in [3.05, 3.63) is 27.4 Å². The lowest BCUT2D eigenvalue weighted by atomic mass is 10.8. The van der Waals surface area contributed by atoms with E-state index >= 15 is 0 Å². The normalized spacial score (nSPS) is 9.56. The lowest BCUT2D eigenvalue weighted by molar-refractivity contribution is 1.06. The van der Waals surface area contributed by atoms with Crippen molar-refractivity contribution >= 4 is 32.1 Å². The van der Waals surface area contributed by atoms with Crippen LogP contribution in [0.5, 0.6) is 0 Å². The highest BCUT2D eigenvalue weighted by molar-refractivity contribution is 9.12. The van der Waals surface area contributed by atoms with Gasteiger partial charge in [0.25, 0.3) is 5.56 Å². The fourth-order valence-electron chi connectivity index (χ4n) is 0.369. The molecule has 1 aromatic heterocycles. The minimum atomic E-state index is -0.190. The smallest absolute Gasteiger partial charge is 0.267 e.